The molecule has 0 saturated carbocycles. The van der Waals surface area contributed by atoms with Gasteiger partial charge in [-0.1, -0.05) is 0 Å². The van der Waals surface area contributed by atoms with Gasteiger partial charge in [0.2, 0.25) is 0 Å². The summed E-state index contributed by atoms with van der Waals surface area (Å²) in [4.78, 5) is 0. The number of methoxy groups -OCH3 is 1. The minimum atomic E-state index is 0.0960. The molecule has 3 unspecified atom stereocenters. The van der Waals surface area contributed by atoms with E-state index in [4.69, 9.17) is 14.2 Å². The summed E-state index contributed by atoms with van der Waals surface area (Å²) in [5.74, 6) is 0. The number of hydrogen-bond acceptors (Lipinski definition) is 3. The van der Waals surface area contributed by atoms with Gasteiger partial charge in [-0.3, -0.25) is 0 Å². The molecule has 1 fully saturated rings. The van der Waals surface area contributed by atoms with Gasteiger partial charge in [0.15, 0.2) is 0 Å². The van der Waals surface area contributed by atoms with E-state index in [-0.39, 0.29) is 18.3 Å². The van der Waals surface area contributed by atoms with Crippen LogP contribution >= 0.6 is 0 Å². The van der Waals surface area contributed by atoms with Crippen molar-refractivity contribution in [2.45, 2.75) is 38.6 Å². The van der Waals surface area contributed by atoms with Crippen LogP contribution in [0.1, 0.15) is 20.3 Å². The standard InChI is InChI=1S/C9H18O3/c1-4-11-8-5-6-12-7(2)9(8)10-3/h7-9H,4-6H2,1-3H3. The Kier molecular flexibility index (Phi) is 3.98. The van der Waals surface area contributed by atoms with E-state index in [9.17, 15) is 0 Å². The summed E-state index contributed by atoms with van der Waals surface area (Å²) in [6, 6.07) is 0. The van der Waals surface area contributed by atoms with E-state index < -0.39 is 0 Å². The van der Waals surface area contributed by atoms with Crippen molar-refractivity contribution in [3.63, 3.8) is 0 Å². The second-order valence-corrected chi connectivity index (χ2v) is 3.06. The highest BCUT2D eigenvalue weighted by Gasteiger charge is 2.31. The molecule has 1 aliphatic heterocycles. The number of ether oxygens (including phenoxy) is 3. The molecule has 0 amide bonds. The van der Waals surface area contributed by atoms with Gasteiger partial charge in [0.25, 0.3) is 0 Å². The van der Waals surface area contributed by atoms with Gasteiger partial charge in [-0.05, 0) is 20.3 Å². The second kappa shape index (κ2) is 4.80. The Labute approximate surface area is 74.0 Å². The lowest BCUT2D eigenvalue weighted by atomic mass is 10.0. The van der Waals surface area contributed by atoms with E-state index in [0.717, 1.165) is 19.6 Å². The van der Waals surface area contributed by atoms with Gasteiger partial charge in [-0.15, -0.1) is 0 Å². The predicted molar refractivity (Wildman–Crippen MR) is 46.2 cm³/mol. The van der Waals surface area contributed by atoms with Crippen LogP contribution in [0.4, 0.5) is 0 Å². The third-order valence-electron chi connectivity index (χ3n) is 2.27. The molecular formula is C9H18O3. The first-order valence-corrected chi connectivity index (χ1v) is 4.55. The largest absolute Gasteiger partial charge is 0.376 e. The van der Waals surface area contributed by atoms with Crippen molar-refractivity contribution in [1.29, 1.82) is 0 Å². The average Bonchev–Trinajstić information content (AvgIpc) is 2.05. The highest BCUT2D eigenvalue weighted by atomic mass is 16.6. The molecule has 0 aromatic carbocycles. The number of rotatable bonds is 3. The van der Waals surface area contributed by atoms with Crippen molar-refractivity contribution in [1.82, 2.24) is 0 Å². The van der Waals surface area contributed by atoms with Crippen LogP contribution < -0.4 is 0 Å². The highest BCUT2D eigenvalue weighted by Crippen LogP contribution is 2.19. The minimum Gasteiger partial charge on any atom is -0.376 e. The summed E-state index contributed by atoms with van der Waals surface area (Å²) >= 11 is 0. The van der Waals surface area contributed by atoms with Crippen molar-refractivity contribution in [3.8, 4) is 0 Å². The lowest BCUT2D eigenvalue weighted by Gasteiger charge is -2.34. The second-order valence-electron chi connectivity index (χ2n) is 3.06. The Morgan fingerprint density at radius 1 is 1.50 bits per heavy atom. The zero-order valence-corrected chi connectivity index (χ0v) is 8.08. The topological polar surface area (TPSA) is 27.7 Å². The molecule has 0 N–H and O–H groups in total. The van der Waals surface area contributed by atoms with Gasteiger partial charge in [-0.2, -0.15) is 0 Å². The molecule has 0 radical (unpaired) electrons. The van der Waals surface area contributed by atoms with Crippen molar-refractivity contribution < 1.29 is 14.2 Å². The Morgan fingerprint density at radius 3 is 2.83 bits per heavy atom. The summed E-state index contributed by atoms with van der Waals surface area (Å²) in [5.41, 5.74) is 0. The van der Waals surface area contributed by atoms with Crippen molar-refractivity contribution in [2.75, 3.05) is 20.3 Å². The van der Waals surface area contributed by atoms with Crippen LogP contribution in [-0.2, 0) is 14.2 Å². The molecule has 3 heteroatoms. The molecule has 0 spiro atoms. The van der Waals surface area contributed by atoms with Gasteiger partial charge in [0, 0.05) is 20.3 Å². The fraction of sp³-hybridized carbons (Fsp3) is 1.00. The minimum absolute atomic E-state index is 0.0960. The fourth-order valence-corrected chi connectivity index (χ4v) is 1.67. The molecule has 1 heterocycles. The Morgan fingerprint density at radius 2 is 2.25 bits per heavy atom. The number of hydrogen-bond donors (Lipinski definition) is 0. The summed E-state index contributed by atoms with van der Waals surface area (Å²) in [6.45, 7) is 5.56. The Hall–Kier alpha value is -0.120. The molecule has 12 heavy (non-hydrogen) atoms. The maximum Gasteiger partial charge on any atom is 0.109 e. The van der Waals surface area contributed by atoms with Crippen LogP contribution in [0.3, 0.4) is 0 Å². The van der Waals surface area contributed by atoms with Crippen molar-refractivity contribution in [2.24, 2.45) is 0 Å². The van der Waals surface area contributed by atoms with Crippen LogP contribution in [0, 0.1) is 0 Å². The summed E-state index contributed by atoms with van der Waals surface area (Å²) in [6.07, 6.45) is 1.40. The first kappa shape index (κ1) is 9.96. The SMILES string of the molecule is CCOC1CCOC(C)C1OC. The van der Waals surface area contributed by atoms with Gasteiger partial charge >= 0.3 is 0 Å². The average molecular weight is 174 g/mol. The van der Waals surface area contributed by atoms with Crippen molar-refractivity contribution in [3.05, 3.63) is 0 Å². The van der Waals surface area contributed by atoms with Crippen LogP contribution in [-0.4, -0.2) is 38.6 Å². The van der Waals surface area contributed by atoms with Crippen LogP contribution in [0.2, 0.25) is 0 Å². The monoisotopic (exact) mass is 174 g/mol. The first-order chi connectivity index (χ1) is 5.79. The van der Waals surface area contributed by atoms with E-state index in [2.05, 4.69) is 0 Å². The summed E-state index contributed by atoms with van der Waals surface area (Å²) in [7, 11) is 1.71. The lowest BCUT2D eigenvalue weighted by Crippen LogP contribution is -2.45. The maximum absolute atomic E-state index is 5.55. The molecule has 0 aromatic rings. The van der Waals surface area contributed by atoms with E-state index in [1.807, 2.05) is 13.8 Å². The Bertz CT molecular complexity index is 125. The molecule has 3 nitrogen and oxygen atoms in total. The third-order valence-corrected chi connectivity index (χ3v) is 2.27. The molecule has 72 valence electrons. The van der Waals surface area contributed by atoms with Crippen LogP contribution in [0.15, 0.2) is 0 Å². The zero-order valence-electron chi connectivity index (χ0n) is 8.08. The molecule has 1 saturated heterocycles. The smallest absolute Gasteiger partial charge is 0.109 e. The Balaban J connectivity index is 2.45. The van der Waals surface area contributed by atoms with E-state index in [1.165, 1.54) is 0 Å². The predicted octanol–water partition coefficient (Wildman–Crippen LogP) is 1.22. The molecule has 3 atom stereocenters. The normalized spacial score (nSPS) is 36.8. The first-order valence-electron chi connectivity index (χ1n) is 4.55. The molecular weight excluding hydrogens is 156 g/mol. The molecule has 0 aromatic heterocycles. The zero-order chi connectivity index (χ0) is 8.97. The van der Waals surface area contributed by atoms with Crippen LogP contribution in [0.5, 0.6) is 0 Å². The highest BCUT2D eigenvalue weighted by molar-refractivity contribution is 4.80. The molecule has 0 aliphatic carbocycles. The molecule has 1 aliphatic rings. The van der Waals surface area contributed by atoms with Crippen LogP contribution in [0.25, 0.3) is 0 Å². The van der Waals surface area contributed by atoms with Crippen molar-refractivity contribution >= 4 is 0 Å². The summed E-state index contributed by atoms with van der Waals surface area (Å²) in [5, 5.41) is 0. The quantitative estimate of drug-likeness (QED) is 0.643. The van der Waals surface area contributed by atoms with Gasteiger partial charge in [0.1, 0.15) is 6.10 Å². The molecule has 1 rings (SSSR count). The fourth-order valence-electron chi connectivity index (χ4n) is 1.67. The van der Waals surface area contributed by atoms with E-state index in [0.29, 0.717) is 0 Å². The lowest BCUT2D eigenvalue weighted by molar-refractivity contribution is -0.158. The maximum atomic E-state index is 5.55. The third kappa shape index (κ3) is 2.19. The van der Waals surface area contributed by atoms with Gasteiger partial charge < -0.3 is 14.2 Å². The van der Waals surface area contributed by atoms with Gasteiger partial charge in [-0.25, -0.2) is 0 Å². The van der Waals surface area contributed by atoms with Gasteiger partial charge in [0.05, 0.1) is 12.2 Å². The van der Waals surface area contributed by atoms with E-state index >= 15 is 0 Å². The van der Waals surface area contributed by atoms with E-state index in [1.54, 1.807) is 7.11 Å². The summed E-state index contributed by atoms with van der Waals surface area (Å²) < 4.78 is 16.3. The molecule has 0 bridgehead atoms.